The van der Waals surface area contributed by atoms with Crippen LogP contribution >= 0.6 is 11.3 Å². The van der Waals surface area contributed by atoms with Crippen molar-refractivity contribution in [2.75, 3.05) is 0 Å². The van der Waals surface area contributed by atoms with Gasteiger partial charge in [-0.05, 0) is 35.0 Å². The standard InChI is InChI=1S/C26H16F3N3OS/c27-26(28,29)19-10-7-17(8-11-19)22-14-18(15-30-32-25(33)23-6-3-13-34-23)21-12-9-16-4-1-2-5-20(16)24(21)31-22/h1-15H,(H,32,33). The molecule has 0 fully saturated rings. The number of hydrogen-bond acceptors (Lipinski definition) is 4. The summed E-state index contributed by atoms with van der Waals surface area (Å²) in [6, 6.07) is 21.8. The molecule has 2 heterocycles. The van der Waals surface area contributed by atoms with Crippen LogP contribution in [0.3, 0.4) is 0 Å². The monoisotopic (exact) mass is 475 g/mol. The number of pyridine rings is 1. The van der Waals surface area contributed by atoms with E-state index in [0.29, 0.717) is 27.2 Å². The predicted octanol–water partition coefficient (Wildman–Crippen LogP) is 6.90. The summed E-state index contributed by atoms with van der Waals surface area (Å²) in [7, 11) is 0. The Morgan fingerprint density at radius 2 is 1.74 bits per heavy atom. The molecule has 0 aliphatic rings. The van der Waals surface area contributed by atoms with E-state index in [1.807, 2.05) is 36.4 Å². The van der Waals surface area contributed by atoms with Crippen molar-refractivity contribution < 1.29 is 18.0 Å². The summed E-state index contributed by atoms with van der Waals surface area (Å²) in [5.41, 5.74) is 4.21. The topological polar surface area (TPSA) is 54.4 Å². The van der Waals surface area contributed by atoms with Crippen molar-refractivity contribution in [3.63, 3.8) is 0 Å². The zero-order chi connectivity index (χ0) is 23.7. The molecule has 0 atom stereocenters. The second-order valence-electron chi connectivity index (χ2n) is 7.53. The van der Waals surface area contributed by atoms with E-state index in [-0.39, 0.29) is 5.91 Å². The molecule has 0 aliphatic carbocycles. The number of thiophene rings is 1. The van der Waals surface area contributed by atoms with Crippen LogP contribution in [0.2, 0.25) is 0 Å². The van der Waals surface area contributed by atoms with Gasteiger partial charge < -0.3 is 0 Å². The molecule has 4 nitrogen and oxygen atoms in total. The minimum atomic E-state index is -4.41. The maximum absolute atomic E-state index is 13.0. The van der Waals surface area contributed by atoms with E-state index < -0.39 is 11.7 Å². The van der Waals surface area contributed by atoms with Crippen LogP contribution in [0.25, 0.3) is 32.9 Å². The zero-order valence-electron chi connectivity index (χ0n) is 17.5. The van der Waals surface area contributed by atoms with E-state index in [4.69, 9.17) is 4.98 Å². The van der Waals surface area contributed by atoms with E-state index in [2.05, 4.69) is 10.5 Å². The van der Waals surface area contributed by atoms with Crippen molar-refractivity contribution in [1.82, 2.24) is 10.4 Å². The highest BCUT2D eigenvalue weighted by Gasteiger charge is 2.30. The van der Waals surface area contributed by atoms with E-state index >= 15 is 0 Å². The molecule has 0 saturated carbocycles. The number of hydrazone groups is 1. The van der Waals surface area contributed by atoms with Gasteiger partial charge in [-0.3, -0.25) is 4.79 Å². The SMILES string of the molecule is O=C(NN=Cc1cc(-c2ccc(C(F)(F)F)cc2)nc2c1ccc1ccccc12)c1cccs1. The Kier molecular flexibility index (Phi) is 5.59. The highest BCUT2D eigenvalue weighted by atomic mass is 32.1. The first-order chi connectivity index (χ1) is 16.4. The number of benzene rings is 3. The summed E-state index contributed by atoms with van der Waals surface area (Å²) in [5, 5.41) is 8.62. The molecule has 2 aromatic heterocycles. The van der Waals surface area contributed by atoms with Gasteiger partial charge in [0.1, 0.15) is 0 Å². The molecule has 1 N–H and O–H groups in total. The molecule has 0 spiro atoms. The molecule has 34 heavy (non-hydrogen) atoms. The lowest BCUT2D eigenvalue weighted by atomic mass is 10.00. The van der Waals surface area contributed by atoms with Crippen molar-refractivity contribution >= 4 is 45.1 Å². The number of hydrogen-bond donors (Lipinski definition) is 1. The molecule has 0 unspecified atom stereocenters. The average Bonchev–Trinajstić information content (AvgIpc) is 3.38. The number of fused-ring (bicyclic) bond motifs is 3. The highest BCUT2D eigenvalue weighted by molar-refractivity contribution is 7.12. The van der Waals surface area contributed by atoms with Crippen LogP contribution in [-0.2, 0) is 6.18 Å². The Labute approximate surface area is 196 Å². The predicted molar refractivity (Wildman–Crippen MR) is 129 cm³/mol. The first kappa shape index (κ1) is 21.8. The fourth-order valence-electron chi connectivity index (χ4n) is 3.69. The van der Waals surface area contributed by atoms with E-state index in [9.17, 15) is 18.0 Å². The number of rotatable bonds is 4. The lowest BCUT2D eigenvalue weighted by Crippen LogP contribution is -2.16. The first-order valence-electron chi connectivity index (χ1n) is 10.3. The minimum absolute atomic E-state index is 0.321. The van der Waals surface area contributed by atoms with Gasteiger partial charge in [-0.2, -0.15) is 18.3 Å². The fourth-order valence-corrected chi connectivity index (χ4v) is 4.31. The van der Waals surface area contributed by atoms with Crippen molar-refractivity contribution in [2.24, 2.45) is 5.10 Å². The number of aromatic nitrogens is 1. The maximum Gasteiger partial charge on any atom is 0.416 e. The van der Waals surface area contributed by atoms with Crippen LogP contribution in [0, 0.1) is 0 Å². The molecular formula is C26H16F3N3OS. The van der Waals surface area contributed by atoms with Gasteiger partial charge >= 0.3 is 6.18 Å². The van der Waals surface area contributed by atoms with Crippen LogP contribution in [0.1, 0.15) is 20.8 Å². The third-order valence-electron chi connectivity index (χ3n) is 5.36. The number of carbonyl (C=O) groups excluding carboxylic acids is 1. The molecule has 0 aliphatic heterocycles. The minimum Gasteiger partial charge on any atom is -0.266 e. The van der Waals surface area contributed by atoms with Crippen molar-refractivity contribution in [3.05, 3.63) is 100 Å². The summed E-state index contributed by atoms with van der Waals surface area (Å²) < 4.78 is 39.0. The first-order valence-corrected chi connectivity index (χ1v) is 11.2. The summed E-state index contributed by atoms with van der Waals surface area (Å²) in [6.07, 6.45) is -2.89. The molecule has 0 saturated heterocycles. The lowest BCUT2D eigenvalue weighted by molar-refractivity contribution is -0.137. The average molecular weight is 475 g/mol. The quantitative estimate of drug-likeness (QED) is 0.175. The molecular weight excluding hydrogens is 459 g/mol. The number of nitrogens with one attached hydrogen (secondary N) is 1. The van der Waals surface area contributed by atoms with Gasteiger partial charge in [-0.1, -0.05) is 54.6 Å². The zero-order valence-corrected chi connectivity index (χ0v) is 18.3. The molecule has 3 aromatic carbocycles. The summed E-state index contributed by atoms with van der Waals surface area (Å²) in [5.74, 6) is -0.321. The van der Waals surface area contributed by atoms with Gasteiger partial charge in [0, 0.05) is 21.9 Å². The molecule has 5 aromatic rings. The smallest absolute Gasteiger partial charge is 0.266 e. The van der Waals surface area contributed by atoms with E-state index in [0.717, 1.165) is 28.3 Å². The summed E-state index contributed by atoms with van der Waals surface area (Å²) in [6.45, 7) is 0. The van der Waals surface area contributed by atoms with Crippen molar-refractivity contribution in [2.45, 2.75) is 6.18 Å². The number of amides is 1. The lowest BCUT2D eigenvalue weighted by Gasteiger charge is -2.11. The Hall–Kier alpha value is -4.04. The number of nitrogens with zero attached hydrogens (tertiary/aromatic N) is 2. The van der Waals surface area contributed by atoms with E-state index in [1.54, 1.807) is 23.6 Å². The van der Waals surface area contributed by atoms with Crippen molar-refractivity contribution in [1.29, 1.82) is 0 Å². The number of carbonyl (C=O) groups is 1. The molecule has 5 rings (SSSR count). The van der Waals surface area contributed by atoms with E-state index in [1.165, 1.54) is 29.7 Å². The Bertz CT molecular complexity index is 1530. The van der Waals surface area contributed by atoms with Gasteiger partial charge in [0.15, 0.2) is 0 Å². The van der Waals surface area contributed by atoms with Gasteiger partial charge in [-0.25, -0.2) is 10.4 Å². The molecule has 8 heteroatoms. The number of halogens is 3. The third-order valence-corrected chi connectivity index (χ3v) is 6.23. The van der Waals surface area contributed by atoms with Gasteiger partial charge in [0.2, 0.25) is 0 Å². The molecule has 0 bridgehead atoms. The normalized spacial score (nSPS) is 12.0. The van der Waals surface area contributed by atoms with Gasteiger partial charge in [0.25, 0.3) is 5.91 Å². The molecule has 168 valence electrons. The fraction of sp³-hybridized carbons (Fsp3) is 0.0385. The maximum atomic E-state index is 13.0. The van der Waals surface area contributed by atoms with Crippen LogP contribution < -0.4 is 5.43 Å². The highest BCUT2D eigenvalue weighted by Crippen LogP contribution is 2.33. The molecule has 1 amide bonds. The Balaban J connectivity index is 1.61. The Morgan fingerprint density at radius 3 is 2.47 bits per heavy atom. The Morgan fingerprint density at radius 1 is 0.941 bits per heavy atom. The second kappa shape index (κ2) is 8.72. The van der Waals surface area contributed by atoms with Crippen LogP contribution in [0.5, 0.6) is 0 Å². The van der Waals surface area contributed by atoms with Crippen LogP contribution in [-0.4, -0.2) is 17.1 Å². The molecule has 0 radical (unpaired) electrons. The summed E-state index contributed by atoms with van der Waals surface area (Å²) >= 11 is 1.31. The number of alkyl halides is 3. The van der Waals surface area contributed by atoms with Gasteiger partial charge in [0.05, 0.1) is 27.9 Å². The van der Waals surface area contributed by atoms with Gasteiger partial charge in [-0.15, -0.1) is 11.3 Å². The third kappa shape index (κ3) is 4.27. The van der Waals surface area contributed by atoms with Crippen LogP contribution in [0.15, 0.2) is 89.3 Å². The van der Waals surface area contributed by atoms with Crippen LogP contribution in [0.4, 0.5) is 13.2 Å². The van der Waals surface area contributed by atoms with Crippen molar-refractivity contribution in [3.8, 4) is 11.3 Å². The summed E-state index contributed by atoms with van der Waals surface area (Å²) in [4.78, 5) is 17.5. The largest absolute Gasteiger partial charge is 0.416 e. The second-order valence-corrected chi connectivity index (χ2v) is 8.48.